The number of nitrogens with one attached hydrogen (secondary N) is 2. The highest BCUT2D eigenvalue weighted by Gasteiger charge is 2.50. The first-order valence-corrected chi connectivity index (χ1v) is 13.1. The second-order valence-corrected chi connectivity index (χ2v) is 9.65. The summed E-state index contributed by atoms with van der Waals surface area (Å²) in [5, 5.41) is 24.7. The Labute approximate surface area is 221 Å². The Kier molecular flexibility index (Phi) is 7.62. The van der Waals surface area contributed by atoms with Gasteiger partial charge < -0.3 is 30.2 Å². The number of rotatable bonds is 9. The fraction of sp³-hybridized carbons (Fsp3) is 0.333. The minimum Gasteiger partial charge on any atom is -0.486 e. The standard InChI is InChI=1S/C30H33N3O5/c1-2-3-12-26(35)33(15-13-20-17-19-8-4-6-10-23(19)32-20)24-18-22(30(37)31-14-16-34)27-21-9-5-7-11-25(21)38-29(27)28(24)36/h3-12,17-18,24,27-29,32,34,36H,2,13-16H2,1H3,(H,31,37). The van der Waals surface area contributed by atoms with Gasteiger partial charge in [-0.2, -0.15) is 0 Å². The van der Waals surface area contributed by atoms with Crippen molar-refractivity contribution in [1.29, 1.82) is 0 Å². The Morgan fingerprint density at radius 3 is 2.74 bits per heavy atom. The molecule has 2 heterocycles. The van der Waals surface area contributed by atoms with Crippen LogP contribution < -0.4 is 10.1 Å². The predicted molar refractivity (Wildman–Crippen MR) is 145 cm³/mol. The number of hydrogen-bond donors (Lipinski definition) is 4. The number of allylic oxidation sites excluding steroid dienone is 1. The number of aromatic nitrogens is 1. The van der Waals surface area contributed by atoms with Crippen molar-refractivity contribution in [2.45, 2.75) is 43.9 Å². The number of carbonyl (C=O) groups is 2. The summed E-state index contributed by atoms with van der Waals surface area (Å²) in [6, 6.07) is 16.7. The number of hydrogen-bond acceptors (Lipinski definition) is 5. The maximum Gasteiger partial charge on any atom is 0.247 e. The summed E-state index contributed by atoms with van der Waals surface area (Å²) in [5.74, 6) is -0.455. The molecule has 5 rings (SSSR count). The Hall–Kier alpha value is -3.88. The molecule has 198 valence electrons. The van der Waals surface area contributed by atoms with E-state index >= 15 is 0 Å². The van der Waals surface area contributed by atoms with Gasteiger partial charge in [0.15, 0.2) is 0 Å². The van der Waals surface area contributed by atoms with Crippen LogP contribution in [0.1, 0.15) is 30.5 Å². The first-order chi connectivity index (χ1) is 18.5. The summed E-state index contributed by atoms with van der Waals surface area (Å²) in [6.45, 7) is 2.19. The van der Waals surface area contributed by atoms with Crippen molar-refractivity contribution in [3.63, 3.8) is 0 Å². The van der Waals surface area contributed by atoms with Crippen LogP contribution in [0.2, 0.25) is 0 Å². The minimum atomic E-state index is -1.05. The lowest BCUT2D eigenvalue weighted by molar-refractivity contribution is -0.132. The van der Waals surface area contributed by atoms with Crippen molar-refractivity contribution in [3.05, 3.63) is 89.7 Å². The molecule has 2 aromatic carbocycles. The molecule has 4 atom stereocenters. The van der Waals surface area contributed by atoms with Gasteiger partial charge in [0.25, 0.3) is 0 Å². The van der Waals surface area contributed by atoms with Crippen LogP contribution in [0.15, 0.2) is 78.4 Å². The zero-order valence-electron chi connectivity index (χ0n) is 21.3. The summed E-state index contributed by atoms with van der Waals surface area (Å²) in [6.07, 6.45) is 4.47. The third kappa shape index (κ3) is 4.97. The molecule has 1 aromatic heterocycles. The van der Waals surface area contributed by atoms with Crippen LogP contribution in [0.25, 0.3) is 10.9 Å². The molecular weight excluding hydrogens is 482 g/mol. The van der Waals surface area contributed by atoms with Gasteiger partial charge in [0.2, 0.25) is 11.8 Å². The molecule has 0 bridgehead atoms. The highest BCUT2D eigenvalue weighted by atomic mass is 16.5. The molecule has 4 unspecified atom stereocenters. The number of nitrogens with zero attached hydrogens (tertiary/aromatic N) is 1. The second-order valence-electron chi connectivity index (χ2n) is 9.65. The minimum absolute atomic E-state index is 0.103. The van der Waals surface area contributed by atoms with Gasteiger partial charge in [-0.15, -0.1) is 0 Å². The number of aliphatic hydroxyl groups is 2. The van der Waals surface area contributed by atoms with E-state index < -0.39 is 24.2 Å². The van der Waals surface area contributed by atoms with Gasteiger partial charge in [-0.25, -0.2) is 0 Å². The number of H-pyrrole nitrogens is 1. The smallest absolute Gasteiger partial charge is 0.247 e. The van der Waals surface area contributed by atoms with Crippen molar-refractivity contribution in [3.8, 4) is 5.75 Å². The monoisotopic (exact) mass is 515 g/mol. The van der Waals surface area contributed by atoms with Crippen molar-refractivity contribution in [1.82, 2.24) is 15.2 Å². The molecule has 0 fully saturated rings. The van der Waals surface area contributed by atoms with E-state index in [1.807, 2.05) is 55.5 Å². The molecule has 2 aliphatic rings. The average molecular weight is 516 g/mol. The number of ether oxygens (including phenoxy) is 1. The molecule has 38 heavy (non-hydrogen) atoms. The number of fused-ring (bicyclic) bond motifs is 4. The molecule has 8 heteroatoms. The van der Waals surface area contributed by atoms with E-state index in [0.717, 1.165) is 22.2 Å². The summed E-state index contributed by atoms with van der Waals surface area (Å²) in [5.41, 5.74) is 3.24. The lowest BCUT2D eigenvalue weighted by atomic mass is 9.77. The SMILES string of the molecule is CCC=CC(=O)N(CCc1cc2ccccc2[nH]1)C1C=C(C(=O)NCCO)C2c3ccccc3OC2C1O. The van der Waals surface area contributed by atoms with Crippen molar-refractivity contribution in [2.24, 2.45) is 0 Å². The average Bonchev–Trinajstić information content (AvgIpc) is 3.53. The summed E-state index contributed by atoms with van der Waals surface area (Å²) in [4.78, 5) is 31.7. The molecule has 4 N–H and O–H groups in total. The quantitative estimate of drug-likeness (QED) is 0.327. The van der Waals surface area contributed by atoms with Crippen LogP contribution in [0, 0.1) is 0 Å². The highest BCUT2D eigenvalue weighted by Crippen LogP contribution is 2.47. The van der Waals surface area contributed by atoms with Crippen LogP contribution >= 0.6 is 0 Å². The van der Waals surface area contributed by atoms with Crippen LogP contribution in [-0.4, -0.2) is 69.9 Å². The molecule has 2 amide bonds. The highest BCUT2D eigenvalue weighted by molar-refractivity contribution is 5.96. The van der Waals surface area contributed by atoms with E-state index in [-0.39, 0.29) is 25.0 Å². The molecule has 0 radical (unpaired) electrons. The Morgan fingerprint density at radius 2 is 1.95 bits per heavy atom. The fourth-order valence-corrected chi connectivity index (χ4v) is 5.42. The number of benzene rings is 2. The van der Waals surface area contributed by atoms with Gasteiger partial charge in [0, 0.05) is 41.9 Å². The van der Waals surface area contributed by atoms with Gasteiger partial charge in [0.1, 0.15) is 18.0 Å². The Bertz CT molecular complexity index is 1340. The zero-order chi connectivity index (χ0) is 26.6. The summed E-state index contributed by atoms with van der Waals surface area (Å²) < 4.78 is 6.17. The van der Waals surface area contributed by atoms with Crippen molar-refractivity contribution in [2.75, 3.05) is 19.7 Å². The van der Waals surface area contributed by atoms with Crippen LogP contribution in [0.5, 0.6) is 5.75 Å². The summed E-state index contributed by atoms with van der Waals surface area (Å²) in [7, 11) is 0. The lowest BCUT2D eigenvalue weighted by Gasteiger charge is -2.40. The maximum atomic E-state index is 13.4. The van der Waals surface area contributed by atoms with E-state index in [4.69, 9.17) is 4.74 Å². The first-order valence-electron chi connectivity index (χ1n) is 13.1. The number of amides is 2. The molecule has 3 aromatic rings. The van der Waals surface area contributed by atoms with Crippen molar-refractivity contribution < 1.29 is 24.5 Å². The zero-order valence-corrected chi connectivity index (χ0v) is 21.3. The molecular formula is C30H33N3O5. The van der Waals surface area contributed by atoms with E-state index in [1.54, 1.807) is 17.1 Å². The number of aromatic amines is 1. The third-order valence-corrected chi connectivity index (χ3v) is 7.22. The van der Waals surface area contributed by atoms with E-state index in [1.165, 1.54) is 6.08 Å². The molecule has 1 aliphatic carbocycles. The first kappa shape index (κ1) is 25.8. The number of aliphatic hydroxyl groups excluding tert-OH is 2. The van der Waals surface area contributed by atoms with Crippen molar-refractivity contribution >= 4 is 22.7 Å². The summed E-state index contributed by atoms with van der Waals surface area (Å²) >= 11 is 0. The molecule has 0 spiro atoms. The number of carbonyl (C=O) groups excluding carboxylic acids is 2. The second kappa shape index (κ2) is 11.2. The van der Waals surface area contributed by atoms with Crippen LogP contribution in [0.3, 0.4) is 0 Å². The molecule has 0 saturated heterocycles. The molecule has 0 saturated carbocycles. The normalized spacial score (nSPS) is 22.0. The van der Waals surface area contributed by atoms with Gasteiger partial charge in [-0.3, -0.25) is 9.59 Å². The topological polar surface area (TPSA) is 115 Å². The van der Waals surface area contributed by atoms with E-state index in [2.05, 4.69) is 16.4 Å². The Morgan fingerprint density at radius 1 is 1.16 bits per heavy atom. The van der Waals surface area contributed by atoms with Gasteiger partial charge in [-0.1, -0.05) is 49.4 Å². The van der Waals surface area contributed by atoms with Crippen LogP contribution in [-0.2, 0) is 16.0 Å². The van der Waals surface area contributed by atoms with Crippen LogP contribution in [0.4, 0.5) is 0 Å². The molecule has 1 aliphatic heterocycles. The largest absolute Gasteiger partial charge is 0.486 e. The van der Waals surface area contributed by atoms with Gasteiger partial charge in [0.05, 0.1) is 18.6 Å². The molecule has 8 nitrogen and oxygen atoms in total. The fourth-order valence-electron chi connectivity index (χ4n) is 5.42. The van der Waals surface area contributed by atoms with Gasteiger partial charge >= 0.3 is 0 Å². The van der Waals surface area contributed by atoms with E-state index in [9.17, 15) is 19.8 Å². The number of para-hydroxylation sites is 2. The van der Waals surface area contributed by atoms with E-state index in [0.29, 0.717) is 30.7 Å². The van der Waals surface area contributed by atoms with Gasteiger partial charge in [-0.05, 0) is 42.2 Å². The Balaban J connectivity index is 1.49. The predicted octanol–water partition coefficient (Wildman–Crippen LogP) is 2.83. The lowest BCUT2D eigenvalue weighted by Crippen LogP contribution is -2.56. The third-order valence-electron chi connectivity index (χ3n) is 7.22. The maximum absolute atomic E-state index is 13.4.